The second kappa shape index (κ2) is 26.5. The number of nitrogens with two attached hydrogens (primary N) is 1. The molecule has 1 aromatic heterocycles. The van der Waals surface area contributed by atoms with Crippen molar-refractivity contribution < 1.29 is 19.1 Å². The molecule has 0 aliphatic carbocycles. The molecule has 3 N–H and O–H groups in total. The standard InChI is InChI=1S/C36H65N5O4/c1-5-6-7-8-9-16-21-29-45-34(43)24-18-13-11-15-20-26-40(25-19-14-10-12-17-23-31(2)42)27-22-28-41-30-38-35(32(41)3)36(44)39-33(4)37/h30H,4-29,37H2,1-3H3,(H,39,44). The monoisotopic (exact) mass is 632 g/mol. The highest BCUT2D eigenvalue weighted by Crippen LogP contribution is 2.12. The number of nitrogens with one attached hydrogen (secondary N) is 1. The Morgan fingerprint density at radius 1 is 0.822 bits per heavy atom. The molecule has 0 radical (unpaired) electrons. The second-order valence-corrected chi connectivity index (χ2v) is 12.6. The number of aromatic nitrogens is 2. The van der Waals surface area contributed by atoms with Crippen LogP contribution in [0.25, 0.3) is 0 Å². The normalized spacial score (nSPS) is 11.2. The van der Waals surface area contributed by atoms with Gasteiger partial charge >= 0.3 is 5.97 Å². The third kappa shape index (κ3) is 21.7. The number of aryl methyl sites for hydroxylation is 1. The Morgan fingerprint density at radius 3 is 1.96 bits per heavy atom. The molecule has 0 aliphatic rings. The average molecular weight is 632 g/mol. The van der Waals surface area contributed by atoms with E-state index in [-0.39, 0.29) is 23.5 Å². The maximum absolute atomic E-state index is 12.3. The Morgan fingerprint density at radius 2 is 1.36 bits per heavy atom. The molecule has 258 valence electrons. The maximum atomic E-state index is 12.3. The van der Waals surface area contributed by atoms with Gasteiger partial charge in [0.05, 0.1) is 18.8 Å². The van der Waals surface area contributed by atoms with Gasteiger partial charge in [0.25, 0.3) is 5.91 Å². The summed E-state index contributed by atoms with van der Waals surface area (Å²) >= 11 is 0. The number of ether oxygens (including phenoxy) is 1. The van der Waals surface area contributed by atoms with E-state index in [1.807, 2.05) is 11.5 Å². The molecule has 0 saturated heterocycles. The lowest BCUT2D eigenvalue weighted by atomic mass is 10.1. The van der Waals surface area contributed by atoms with Crippen LogP contribution in [0, 0.1) is 6.92 Å². The van der Waals surface area contributed by atoms with Gasteiger partial charge in [-0.25, -0.2) is 4.98 Å². The molecule has 0 aliphatic heterocycles. The summed E-state index contributed by atoms with van der Waals surface area (Å²) in [5.41, 5.74) is 6.72. The fourth-order valence-corrected chi connectivity index (χ4v) is 5.59. The number of carbonyl (C=O) groups is 3. The van der Waals surface area contributed by atoms with E-state index in [0.717, 1.165) is 89.7 Å². The minimum atomic E-state index is -0.330. The number of Topliss-reactive ketones (excluding diaryl/α,β-unsaturated/α-hetero) is 1. The van der Waals surface area contributed by atoms with Crippen molar-refractivity contribution in [1.82, 2.24) is 19.8 Å². The summed E-state index contributed by atoms with van der Waals surface area (Å²) in [5, 5.41) is 2.52. The van der Waals surface area contributed by atoms with Crippen LogP contribution in [0.1, 0.15) is 158 Å². The Balaban J connectivity index is 2.32. The minimum Gasteiger partial charge on any atom is -0.466 e. The maximum Gasteiger partial charge on any atom is 0.305 e. The van der Waals surface area contributed by atoms with Crippen LogP contribution >= 0.6 is 0 Å². The molecule has 9 heteroatoms. The molecule has 1 rings (SSSR count). The number of imidazole rings is 1. The van der Waals surface area contributed by atoms with Crippen LogP contribution in [0.4, 0.5) is 0 Å². The minimum absolute atomic E-state index is 0.0424. The van der Waals surface area contributed by atoms with Crippen molar-refractivity contribution >= 4 is 17.7 Å². The number of hydrogen-bond donors (Lipinski definition) is 2. The highest BCUT2D eigenvalue weighted by molar-refractivity contribution is 5.94. The molecule has 0 atom stereocenters. The summed E-state index contributed by atoms with van der Waals surface area (Å²) < 4.78 is 7.45. The topological polar surface area (TPSA) is 120 Å². The zero-order valence-electron chi connectivity index (χ0n) is 29.0. The first-order chi connectivity index (χ1) is 21.7. The molecule has 0 aromatic carbocycles. The fourth-order valence-electron chi connectivity index (χ4n) is 5.59. The fraction of sp³-hybridized carbons (Fsp3) is 0.778. The van der Waals surface area contributed by atoms with Gasteiger partial charge in [-0.05, 0) is 72.0 Å². The summed E-state index contributed by atoms with van der Waals surface area (Å²) in [4.78, 5) is 42.3. The van der Waals surface area contributed by atoms with E-state index in [0.29, 0.717) is 25.1 Å². The third-order valence-electron chi connectivity index (χ3n) is 8.33. The van der Waals surface area contributed by atoms with Crippen molar-refractivity contribution in [3.05, 3.63) is 30.1 Å². The van der Waals surface area contributed by atoms with Gasteiger partial charge < -0.3 is 30.0 Å². The largest absolute Gasteiger partial charge is 0.466 e. The van der Waals surface area contributed by atoms with Crippen LogP contribution in [-0.4, -0.2) is 58.4 Å². The van der Waals surface area contributed by atoms with Crippen LogP contribution in [0.3, 0.4) is 0 Å². The summed E-state index contributed by atoms with van der Waals surface area (Å²) in [7, 11) is 0. The third-order valence-corrected chi connectivity index (χ3v) is 8.33. The Bertz CT molecular complexity index is 961. The number of ketones is 1. The average Bonchev–Trinajstić information content (AvgIpc) is 3.36. The number of nitrogens with zero attached hydrogens (tertiary/aromatic N) is 3. The zero-order chi connectivity index (χ0) is 33.1. The Hall–Kier alpha value is -2.68. The van der Waals surface area contributed by atoms with Gasteiger partial charge in [-0.2, -0.15) is 0 Å². The zero-order valence-corrected chi connectivity index (χ0v) is 29.0. The van der Waals surface area contributed by atoms with Crippen LogP contribution in [0.15, 0.2) is 18.7 Å². The number of carbonyl (C=O) groups excluding carboxylic acids is 3. The van der Waals surface area contributed by atoms with E-state index in [4.69, 9.17) is 10.5 Å². The molecule has 9 nitrogen and oxygen atoms in total. The molecule has 1 amide bonds. The van der Waals surface area contributed by atoms with Gasteiger partial charge in [0.1, 0.15) is 11.5 Å². The number of amides is 1. The van der Waals surface area contributed by atoms with Crippen LogP contribution in [0.2, 0.25) is 0 Å². The predicted molar refractivity (Wildman–Crippen MR) is 184 cm³/mol. The second-order valence-electron chi connectivity index (χ2n) is 12.6. The Labute approximate surface area is 274 Å². The van der Waals surface area contributed by atoms with Gasteiger partial charge in [0.15, 0.2) is 0 Å². The number of rotatable bonds is 30. The number of unbranched alkanes of at least 4 members (excludes halogenated alkanes) is 14. The van der Waals surface area contributed by atoms with Crippen molar-refractivity contribution in [2.75, 3.05) is 26.2 Å². The molecule has 45 heavy (non-hydrogen) atoms. The molecule has 1 heterocycles. The molecule has 0 bridgehead atoms. The molecule has 0 unspecified atom stereocenters. The molecule has 1 aromatic rings. The molecule has 0 saturated carbocycles. The van der Waals surface area contributed by atoms with E-state index in [2.05, 4.69) is 28.7 Å². The number of esters is 1. The molecule has 0 fully saturated rings. The van der Waals surface area contributed by atoms with Crippen molar-refractivity contribution in [2.24, 2.45) is 5.73 Å². The Kier molecular flexibility index (Phi) is 23.8. The highest BCUT2D eigenvalue weighted by atomic mass is 16.5. The van der Waals surface area contributed by atoms with Crippen LogP contribution in [0.5, 0.6) is 0 Å². The van der Waals surface area contributed by atoms with Crippen molar-refractivity contribution in [1.29, 1.82) is 0 Å². The smallest absolute Gasteiger partial charge is 0.305 e. The quantitative estimate of drug-likeness (QED) is 0.0662. The summed E-state index contributed by atoms with van der Waals surface area (Å²) in [5.74, 6) is 0.0221. The first-order valence-electron chi connectivity index (χ1n) is 17.9. The molecule has 0 spiro atoms. The number of hydrogen-bond acceptors (Lipinski definition) is 7. The lowest BCUT2D eigenvalue weighted by Gasteiger charge is -2.22. The van der Waals surface area contributed by atoms with Gasteiger partial charge in [-0.1, -0.05) is 90.6 Å². The van der Waals surface area contributed by atoms with E-state index in [9.17, 15) is 14.4 Å². The summed E-state index contributed by atoms with van der Waals surface area (Å²) in [6, 6.07) is 0. The van der Waals surface area contributed by atoms with Crippen LogP contribution in [-0.2, 0) is 20.9 Å². The van der Waals surface area contributed by atoms with Crippen molar-refractivity contribution in [2.45, 2.75) is 156 Å². The summed E-state index contributed by atoms with van der Waals surface area (Å²) in [6.07, 6.45) is 23.6. The summed E-state index contributed by atoms with van der Waals surface area (Å²) in [6.45, 7) is 13.8. The SMILES string of the molecule is C=C(N)NC(=O)c1ncn(CCCN(CCCCCCCC(C)=O)CCCCCCCC(=O)OCCCCCCCCC)c1C. The van der Waals surface area contributed by atoms with Crippen LogP contribution < -0.4 is 11.1 Å². The lowest BCUT2D eigenvalue weighted by Crippen LogP contribution is -2.28. The van der Waals surface area contributed by atoms with Gasteiger partial charge in [0.2, 0.25) is 0 Å². The first kappa shape index (κ1) is 40.3. The molecular formula is C36H65N5O4. The highest BCUT2D eigenvalue weighted by Gasteiger charge is 2.15. The van der Waals surface area contributed by atoms with Crippen molar-refractivity contribution in [3.63, 3.8) is 0 Å². The molecular weight excluding hydrogens is 566 g/mol. The lowest BCUT2D eigenvalue weighted by molar-refractivity contribution is -0.143. The van der Waals surface area contributed by atoms with E-state index in [1.165, 1.54) is 57.8 Å². The van der Waals surface area contributed by atoms with Gasteiger partial charge in [-0.3, -0.25) is 9.59 Å². The predicted octanol–water partition coefficient (Wildman–Crippen LogP) is 7.61. The van der Waals surface area contributed by atoms with Gasteiger partial charge in [-0.15, -0.1) is 0 Å². The van der Waals surface area contributed by atoms with E-state index in [1.54, 1.807) is 13.3 Å². The van der Waals surface area contributed by atoms with E-state index < -0.39 is 0 Å². The van der Waals surface area contributed by atoms with Crippen molar-refractivity contribution in [3.8, 4) is 0 Å². The first-order valence-corrected chi connectivity index (χ1v) is 17.9. The van der Waals surface area contributed by atoms with Gasteiger partial charge in [0, 0.05) is 25.1 Å². The van der Waals surface area contributed by atoms with E-state index >= 15 is 0 Å².